The fourth-order valence-electron chi connectivity index (χ4n) is 0.400. The number of alkyl halides is 3. The Morgan fingerprint density at radius 1 is 1.50 bits per heavy atom. The summed E-state index contributed by atoms with van der Waals surface area (Å²) in [5.74, 6) is 1.69. The molecule has 0 fully saturated rings. The zero-order valence-corrected chi connectivity index (χ0v) is 6.39. The van der Waals surface area contributed by atoms with Crippen LogP contribution in [0.15, 0.2) is 0 Å². The maximum absolute atomic E-state index is 11.5. The van der Waals surface area contributed by atoms with Crippen LogP contribution in [0.4, 0.5) is 13.2 Å². The van der Waals surface area contributed by atoms with E-state index in [2.05, 4.69) is 5.87 Å². The first-order valence-electron chi connectivity index (χ1n) is 2.66. The van der Waals surface area contributed by atoms with Crippen molar-refractivity contribution in [3.8, 4) is 0 Å². The SMILES string of the molecule is C=S(=O)(CC)CC(F)(F)F. The highest BCUT2D eigenvalue weighted by Crippen LogP contribution is 2.17. The summed E-state index contributed by atoms with van der Waals surface area (Å²) >= 11 is 0. The average Bonchev–Trinajstić information content (AvgIpc) is 1.60. The zero-order chi connectivity index (χ0) is 8.41. The lowest BCUT2D eigenvalue weighted by Crippen LogP contribution is -2.23. The van der Waals surface area contributed by atoms with Crippen LogP contribution in [-0.4, -0.2) is 27.8 Å². The molecular weight excluding hydrogens is 165 g/mol. The molecule has 0 spiro atoms. The lowest BCUT2D eigenvalue weighted by Gasteiger charge is -2.08. The molecule has 0 rings (SSSR count). The topological polar surface area (TPSA) is 17.1 Å². The van der Waals surface area contributed by atoms with E-state index in [1.54, 1.807) is 0 Å². The number of halogens is 3. The van der Waals surface area contributed by atoms with E-state index < -0.39 is 21.5 Å². The molecule has 0 bridgehead atoms. The van der Waals surface area contributed by atoms with Crippen LogP contribution in [0, 0.1) is 0 Å². The molecule has 0 heterocycles. The predicted octanol–water partition coefficient (Wildman–Crippen LogP) is 1.29. The van der Waals surface area contributed by atoms with Gasteiger partial charge in [0.15, 0.2) is 0 Å². The van der Waals surface area contributed by atoms with Gasteiger partial charge in [0.25, 0.3) is 0 Å². The minimum atomic E-state index is -4.35. The second kappa shape index (κ2) is 2.82. The number of hydrogen-bond acceptors (Lipinski definition) is 1. The first kappa shape index (κ1) is 9.81. The van der Waals surface area contributed by atoms with Crippen molar-refractivity contribution in [2.24, 2.45) is 0 Å². The molecule has 62 valence electrons. The Balaban J connectivity index is 4.18. The normalized spacial score (nSPS) is 18.4. The van der Waals surface area contributed by atoms with Gasteiger partial charge in [-0.1, -0.05) is 6.92 Å². The third-order valence-corrected chi connectivity index (χ3v) is 2.86. The van der Waals surface area contributed by atoms with E-state index in [-0.39, 0.29) is 5.75 Å². The fourth-order valence-corrected chi connectivity index (χ4v) is 1.20. The van der Waals surface area contributed by atoms with Crippen LogP contribution in [0.25, 0.3) is 0 Å². The Labute approximate surface area is 58.2 Å². The van der Waals surface area contributed by atoms with Crippen LogP contribution < -0.4 is 0 Å². The van der Waals surface area contributed by atoms with Crippen molar-refractivity contribution >= 4 is 15.4 Å². The molecule has 0 aliphatic heterocycles. The second-order valence-corrected chi connectivity index (χ2v) is 4.81. The Bertz CT molecular complexity index is 189. The van der Waals surface area contributed by atoms with E-state index in [9.17, 15) is 17.4 Å². The molecule has 0 aromatic carbocycles. The minimum Gasteiger partial charge on any atom is -0.268 e. The highest BCUT2D eigenvalue weighted by atomic mass is 32.2. The monoisotopic (exact) mass is 174 g/mol. The van der Waals surface area contributed by atoms with Crippen molar-refractivity contribution < 1.29 is 17.4 Å². The van der Waals surface area contributed by atoms with Crippen LogP contribution in [0.1, 0.15) is 6.92 Å². The van der Waals surface area contributed by atoms with E-state index in [0.29, 0.717) is 0 Å². The molecule has 0 saturated heterocycles. The molecule has 0 aliphatic carbocycles. The number of rotatable bonds is 2. The van der Waals surface area contributed by atoms with Crippen molar-refractivity contribution in [2.45, 2.75) is 13.1 Å². The Kier molecular flexibility index (Phi) is 2.76. The Morgan fingerprint density at radius 2 is 1.90 bits per heavy atom. The zero-order valence-electron chi connectivity index (χ0n) is 5.57. The second-order valence-electron chi connectivity index (χ2n) is 2.01. The third-order valence-electron chi connectivity index (χ3n) is 0.953. The first-order chi connectivity index (χ1) is 4.27. The third kappa shape index (κ3) is 4.67. The molecule has 0 aromatic rings. The van der Waals surface area contributed by atoms with Crippen LogP contribution in [0.5, 0.6) is 0 Å². The molecule has 0 N–H and O–H groups in total. The van der Waals surface area contributed by atoms with Gasteiger partial charge in [-0.15, -0.1) is 0 Å². The molecule has 0 aliphatic rings. The van der Waals surface area contributed by atoms with Crippen LogP contribution in [-0.2, 0) is 9.52 Å². The smallest absolute Gasteiger partial charge is 0.268 e. The molecule has 1 atom stereocenters. The van der Waals surface area contributed by atoms with Crippen molar-refractivity contribution in [1.29, 1.82) is 0 Å². The van der Waals surface area contributed by atoms with E-state index in [1.165, 1.54) is 6.92 Å². The summed E-state index contributed by atoms with van der Waals surface area (Å²) in [5, 5.41) is 0. The molecule has 10 heavy (non-hydrogen) atoms. The van der Waals surface area contributed by atoms with Crippen molar-refractivity contribution in [3.63, 3.8) is 0 Å². The molecule has 0 aromatic heterocycles. The Hall–Kier alpha value is -0.190. The van der Waals surface area contributed by atoms with Gasteiger partial charge in [0, 0.05) is 5.75 Å². The fraction of sp³-hybridized carbons (Fsp3) is 0.800. The van der Waals surface area contributed by atoms with Gasteiger partial charge in [-0.25, -0.2) is 0 Å². The van der Waals surface area contributed by atoms with E-state index in [4.69, 9.17) is 0 Å². The summed E-state index contributed by atoms with van der Waals surface area (Å²) < 4.78 is 45.3. The molecule has 0 amide bonds. The summed E-state index contributed by atoms with van der Waals surface area (Å²) in [6, 6.07) is 0. The van der Waals surface area contributed by atoms with Crippen molar-refractivity contribution in [2.75, 3.05) is 11.5 Å². The molecule has 0 radical (unpaired) electrons. The lowest BCUT2D eigenvalue weighted by atomic mass is 10.8. The predicted molar refractivity (Wildman–Crippen MR) is 36.7 cm³/mol. The van der Waals surface area contributed by atoms with E-state index in [0.717, 1.165) is 0 Å². The summed E-state index contributed by atoms with van der Waals surface area (Å²) in [6.07, 6.45) is -4.35. The maximum Gasteiger partial charge on any atom is 0.399 e. The highest BCUT2D eigenvalue weighted by Gasteiger charge is 2.30. The minimum absolute atomic E-state index is 0.0213. The quantitative estimate of drug-likeness (QED) is 0.576. The van der Waals surface area contributed by atoms with Gasteiger partial charge in [-0.2, -0.15) is 13.2 Å². The summed E-state index contributed by atoms with van der Waals surface area (Å²) in [6.45, 7) is 1.43. The molecule has 1 nitrogen and oxygen atoms in total. The molecule has 0 saturated carbocycles. The molecule has 1 unspecified atom stereocenters. The summed E-state index contributed by atoms with van der Waals surface area (Å²) in [7, 11) is -2.90. The highest BCUT2D eigenvalue weighted by molar-refractivity contribution is 8.00. The van der Waals surface area contributed by atoms with Gasteiger partial charge in [-0.05, 0) is 15.4 Å². The van der Waals surface area contributed by atoms with Gasteiger partial charge in [0.1, 0.15) is 5.75 Å². The van der Waals surface area contributed by atoms with Gasteiger partial charge < -0.3 is 0 Å². The van der Waals surface area contributed by atoms with Crippen molar-refractivity contribution in [1.82, 2.24) is 0 Å². The molecule has 5 heteroatoms. The van der Waals surface area contributed by atoms with Gasteiger partial charge in [0.2, 0.25) is 0 Å². The van der Waals surface area contributed by atoms with E-state index >= 15 is 0 Å². The van der Waals surface area contributed by atoms with Gasteiger partial charge >= 0.3 is 6.18 Å². The largest absolute Gasteiger partial charge is 0.399 e. The van der Waals surface area contributed by atoms with Crippen LogP contribution in [0.3, 0.4) is 0 Å². The van der Waals surface area contributed by atoms with Gasteiger partial charge in [0.05, 0.1) is 0 Å². The lowest BCUT2D eigenvalue weighted by molar-refractivity contribution is -0.105. The van der Waals surface area contributed by atoms with Gasteiger partial charge in [-0.3, -0.25) is 4.21 Å². The summed E-state index contributed by atoms with van der Waals surface area (Å²) in [4.78, 5) is 0. The molecular formula is C5H9F3OS. The number of hydrogen-bond donors (Lipinski definition) is 0. The maximum atomic E-state index is 11.5. The first-order valence-corrected chi connectivity index (χ1v) is 4.73. The van der Waals surface area contributed by atoms with E-state index in [1.807, 2.05) is 0 Å². The average molecular weight is 174 g/mol. The van der Waals surface area contributed by atoms with Crippen LogP contribution >= 0.6 is 0 Å². The Morgan fingerprint density at radius 3 is 2.00 bits per heavy atom. The standard InChI is InChI=1S/C5H9F3OS/c1-3-10(2,9)4-5(6,7)8/h2-4H2,1H3. The van der Waals surface area contributed by atoms with Crippen LogP contribution in [0.2, 0.25) is 0 Å². The summed E-state index contributed by atoms with van der Waals surface area (Å²) in [5.41, 5.74) is 0. The van der Waals surface area contributed by atoms with Crippen molar-refractivity contribution in [3.05, 3.63) is 0 Å².